The number of hydrogen-bond donors (Lipinski definition) is 3. The Hall–Kier alpha value is -5.48. The summed E-state index contributed by atoms with van der Waals surface area (Å²) < 4.78 is 7.57. The minimum atomic E-state index is -0.463. The van der Waals surface area contributed by atoms with Crippen LogP contribution in [0.1, 0.15) is 60.8 Å². The van der Waals surface area contributed by atoms with E-state index in [9.17, 15) is 19.8 Å². The van der Waals surface area contributed by atoms with Crippen LogP contribution < -0.4 is 0 Å². The first-order valence-corrected chi connectivity index (χ1v) is 17.9. The number of likely N-dealkylation sites (tertiary alicyclic amines) is 2. The van der Waals surface area contributed by atoms with Crippen molar-refractivity contribution >= 4 is 46.9 Å². The monoisotopic (exact) mass is 718 g/mol. The fourth-order valence-corrected chi connectivity index (χ4v) is 7.76. The van der Waals surface area contributed by atoms with Crippen molar-refractivity contribution in [3.05, 3.63) is 124 Å². The summed E-state index contributed by atoms with van der Waals surface area (Å²) in [6, 6.07) is 19.9. The van der Waals surface area contributed by atoms with Gasteiger partial charge in [-0.1, -0.05) is 54.1 Å². The topological polar surface area (TPSA) is 130 Å². The number of carbonyl (C=O) groups is 2. The van der Waals surface area contributed by atoms with Crippen molar-refractivity contribution < 1.29 is 29.1 Å². The number of nitrogens with one attached hydrogen (secondary N) is 1. The number of halogens is 1. The van der Waals surface area contributed by atoms with Gasteiger partial charge < -0.3 is 19.8 Å². The predicted octanol–water partition coefficient (Wildman–Crippen LogP) is 6.62. The normalized spacial score (nSPS) is 20.6. The fraction of sp³-hybridized carbons (Fsp3) is 0.293. The molecule has 0 saturated carbocycles. The maximum absolute atomic E-state index is 13.8. The van der Waals surface area contributed by atoms with Crippen LogP contribution in [-0.2, 0) is 20.9 Å². The summed E-state index contributed by atoms with van der Waals surface area (Å²) >= 11 is 6.25. The quantitative estimate of drug-likeness (QED) is 0.0832. The summed E-state index contributed by atoms with van der Waals surface area (Å²) in [4.78, 5) is 35.7. The Morgan fingerprint density at radius 1 is 1.04 bits per heavy atom. The maximum atomic E-state index is 13.8. The molecule has 11 heteroatoms. The number of fused-ring (bicyclic) bond motifs is 2. The van der Waals surface area contributed by atoms with Crippen molar-refractivity contribution in [3.8, 4) is 11.5 Å². The lowest BCUT2D eigenvalue weighted by atomic mass is 9.86. The van der Waals surface area contributed by atoms with Crippen LogP contribution in [0.15, 0.2) is 101 Å². The molecule has 2 unspecified atom stereocenters. The molecule has 2 fully saturated rings. The molecule has 3 aromatic rings. The highest BCUT2D eigenvalue weighted by Gasteiger charge is 2.48. The third-order valence-corrected chi connectivity index (χ3v) is 10.5. The van der Waals surface area contributed by atoms with Gasteiger partial charge >= 0.3 is 0 Å². The van der Waals surface area contributed by atoms with Gasteiger partial charge in [0.25, 0.3) is 5.91 Å². The van der Waals surface area contributed by atoms with Gasteiger partial charge in [0.15, 0.2) is 11.5 Å². The molecule has 3 aromatic carbocycles. The second-order valence-corrected chi connectivity index (χ2v) is 14.0. The van der Waals surface area contributed by atoms with Crippen LogP contribution in [0.4, 0.5) is 0 Å². The van der Waals surface area contributed by atoms with Gasteiger partial charge in [0.05, 0.1) is 43.2 Å². The highest BCUT2D eigenvalue weighted by atomic mass is 35.5. The Kier molecular flexibility index (Phi) is 9.83. The minimum absolute atomic E-state index is 0.0405. The molecule has 1 aliphatic carbocycles. The Morgan fingerprint density at radius 2 is 1.81 bits per heavy atom. The van der Waals surface area contributed by atoms with Crippen LogP contribution in [0.2, 0.25) is 5.02 Å². The molecule has 2 atom stereocenters. The Balaban J connectivity index is 1.12. The molecule has 4 aliphatic rings. The van der Waals surface area contributed by atoms with Gasteiger partial charge in [-0.25, -0.2) is 9.48 Å². The molecule has 3 heterocycles. The molecule has 10 nitrogen and oxygen atoms in total. The first kappa shape index (κ1) is 34.9. The third-order valence-electron chi connectivity index (χ3n) is 10.3. The summed E-state index contributed by atoms with van der Waals surface area (Å²) in [5.74, 6) is 1.33. The number of rotatable bonds is 7. The number of phenols is 2. The van der Waals surface area contributed by atoms with E-state index in [0.717, 1.165) is 41.1 Å². The van der Waals surface area contributed by atoms with E-state index in [-0.39, 0.29) is 41.6 Å². The molecule has 0 spiro atoms. The lowest BCUT2D eigenvalue weighted by Gasteiger charge is -2.32. The number of methoxy groups -OCH3 is 1. The molecule has 0 bridgehead atoms. The molecule has 0 aromatic heterocycles. The number of aromatic hydroxyl groups is 2. The van der Waals surface area contributed by atoms with Crippen molar-refractivity contribution in [1.82, 2.24) is 9.80 Å². The van der Waals surface area contributed by atoms with Gasteiger partial charge in [0.2, 0.25) is 17.6 Å². The molecule has 3 aliphatic heterocycles. The first-order valence-electron chi connectivity index (χ1n) is 17.5. The van der Waals surface area contributed by atoms with Crippen LogP contribution in [0, 0.1) is 11.3 Å². The van der Waals surface area contributed by atoms with Crippen molar-refractivity contribution in [2.75, 3.05) is 20.2 Å². The number of piperidine rings is 1. The fourth-order valence-electron chi connectivity index (χ4n) is 7.63. The number of allylic oxidation sites excluding steroid dienone is 4. The van der Waals surface area contributed by atoms with Crippen LogP contribution in [0.25, 0.3) is 6.08 Å². The Bertz CT molecular complexity index is 2090. The van der Waals surface area contributed by atoms with E-state index in [1.165, 1.54) is 23.8 Å². The van der Waals surface area contributed by atoms with Crippen LogP contribution >= 0.6 is 11.6 Å². The van der Waals surface area contributed by atoms with E-state index < -0.39 is 6.04 Å². The van der Waals surface area contributed by atoms with E-state index in [0.29, 0.717) is 48.3 Å². The summed E-state index contributed by atoms with van der Waals surface area (Å²) in [6.45, 7) is 3.32. The molecular formula is C41H41ClN5O5+. The average molecular weight is 719 g/mol. The van der Waals surface area contributed by atoms with E-state index in [1.807, 2.05) is 58.0 Å². The summed E-state index contributed by atoms with van der Waals surface area (Å²) in [7, 11) is 1.66. The minimum Gasteiger partial charge on any atom is -0.504 e. The highest BCUT2D eigenvalue weighted by molar-refractivity contribution is 6.30. The Labute approximate surface area is 307 Å². The number of carbonyl (C=O) groups excluding carboxylic acids is 2. The first-order chi connectivity index (χ1) is 25.1. The van der Waals surface area contributed by atoms with E-state index in [1.54, 1.807) is 31.1 Å². The molecule has 3 N–H and O–H groups in total. The summed E-state index contributed by atoms with van der Waals surface area (Å²) in [6.07, 6.45) is 9.45. The van der Waals surface area contributed by atoms with Gasteiger partial charge in [0, 0.05) is 37.5 Å². The highest BCUT2D eigenvalue weighted by Crippen LogP contribution is 2.37. The maximum Gasteiger partial charge on any atom is 0.285 e. The SMILES string of the molecule is COC1=CC=C2C(C1)C(c1ccc(Cl)cc1)=NC1CC(=O)N(Cc3cccc(C4CCN(C(=O)C=Cc5ccc(O)c(O)c5)CC4)c3)C1=[N+]2C(C)=N. The number of amides is 2. The molecular weight excluding hydrogens is 678 g/mol. The van der Waals surface area contributed by atoms with Gasteiger partial charge in [-0.15, -0.1) is 0 Å². The zero-order chi connectivity index (χ0) is 36.5. The van der Waals surface area contributed by atoms with Crippen molar-refractivity contribution in [1.29, 1.82) is 5.41 Å². The van der Waals surface area contributed by atoms with E-state index >= 15 is 0 Å². The van der Waals surface area contributed by atoms with Crippen molar-refractivity contribution in [3.63, 3.8) is 0 Å². The molecule has 7 rings (SSSR count). The molecule has 266 valence electrons. The predicted molar refractivity (Wildman–Crippen MR) is 201 cm³/mol. The summed E-state index contributed by atoms with van der Waals surface area (Å²) in [5.41, 5.74) is 5.42. The standard InChI is InChI=1S/C41H40ClN5O5/c1-25(43)47-35-13-12-32(52-2)22-33(35)40(29-8-10-31(42)11-9-29)44-34-23-39(51)46(41(34)47)24-27-4-3-5-30(20-27)28-16-18-45(19-17-28)38(50)15-7-26-6-14-36(48)37(49)21-26/h3-15,20-21,28,33-34,43H,16-19,22-24H2,1-2H3,(H-,48,49,50)/p+1. The number of phenolic OH excluding ortho intramolecular Hbond substituents is 2. The number of aliphatic imine (C=N–C) groups is 1. The van der Waals surface area contributed by atoms with Gasteiger partial charge in [-0.05, 0) is 83.5 Å². The van der Waals surface area contributed by atoms with Crippen LogP contribution in [-0.4, -0.2) is 80.0 Å². The van der Waals surface area contributed by atoms with Crippen LogP contribution in [0.3, 0.4) is 0 Å². The lowest BCUT2D eigenvalue weighted by molar-refractivity contribution is -0.366. The molecule has 0 radical (unpaired) electrons. The van der Waals surface area contributed by atoms with E-state index in [4.69, 9.17) is 26.7 Å². The Morgan fingerprint density at radius 3 is 2.52 bits per heavy atom. The number of benzene rings is 3. The van der Waals surface area contributed by atoms with Crippen molar-refractivity contribution in [2.45, 2.75) is 51.1 Å². The average Bonchev–Trinajstić information content (AvgIpc) is 3.36. The zero-order valence-corrected chi connectivity index (χ0v) is 29.9. The smallest absolute Gasteiger partial charge is 0.285 e. The number of nitrogens with zero attached hydrogens (tertiary/aromatic N) is 4. The number of amidine groups is 2. The largest absolute Gasteiger partial charge is 0.504 e. The summed E-state index contributed by atoms with van der Waals surface area (Å²) in [5, 5.41) is 28.9. The van der Waals surface area contributed by atoms with Gasteiger partial charge in [0.1, 0.15) is 6.04 Å². The lowest BCUT2D eigenvalue weighted by Crippen LogP contribution is -2.41. The molecule has 2 amide bonds. The molecule has 2 saturated heterocycles. The second-order valence-electron chi connectivity index (χ2n) is 13.6. The number of ether oxygens (including phenoxy) is 1. The zero-order valence-electron chi connectivity index (χ0n) is 29.1. The second kappa shape index (κ2) is 14.6. The van der Waals surface area contributed by atoms with Gasteiger partial charge in [-0.3, -0.25) is 14.6 Å². The van der Waals surface area contributed by atoms with E-state index in [2.05, 4.69) is 12.1 Å². The molecule has 52 heavy (non-hydrogen) atoms. The van der Waals surface area contributed by atoms with Crippen LogP contribution in [0.5, 0.6) is 11.5 Å². The number of hydrogen-bond acceptors (Lipinski definition) is 7. The van der Waals surface area contributed by atoms with Gasteiger partial charge in [-0.2, -0.15) is 5.41 Å². The third kappa shape index (κ3) is 7.03. The van der Waals surface area contributed by atoms with Crippen molar-refractivity contribution in [2.24, 2.45) is 10.9 Å².